The van der Waals surface area contributed by atoms with E-state index in [1.807, 2.05) is 31.2 Å². The lowest BCUT2D eigenvalue weighted by Gasteiger charge is -2.16. The number of carbonyl (C=O) groups is 1. The molecule has 2 N–H and O–H groups in total. The molecule has 1 aromatic heterocycles. The van der Waals surface area contributed by atoms with Crippen LogP contribution < -0.4 is 5.73 Å². The second-order valence-corrected chi connectivity index (χ2v) is 3.80. The van der Waals surface area contributed by atoms with Crippen LogP contribution in [0.5, 0.6) is 0 Å². The van der Waals surface area contributed by atoms with Gasteiger partial charge in [-0.15, -0.1) is 0 Å². The number of primary amides is 1. The minimum Gasteiger partial charge on any atom is -0.370 e. The monoisotopic (exact) mass is 243 g/mol. The summed E-state index contributed by atoms with van der Waals surface area (Å²) in [6.45, 7) is 5.60. The Morgan fingerprint density at radius 1 is 1.56 bits per heavy atom. The van der Waals surface area contributed by atoms with Crippen molar-refractivity contribution in [1.29, 1.82) is 0 Å². The van der Waals surface area contributed by atoms with Crippen LogP contribution in [0, 0.1) is 0 Å². The van der Waals surface area contributed by atoms with Gasteiger partial charge in [-0.25, -0.2) is 0 Å². The summed E-state index contributed by atoms with van der Waals surface area (Å²) in [5.41, 5.74) is 7.19. The molecule has 0 aromatic carbocycles. The van der Waals surface area contributed by atoms with E-state index in [1.165, 1.54) is 0 Å². The van der Waals surface area contributed by atoms with Gasteiger partial charge in [0, 0.05) is 18.5 Å². The van der Waals surface area contributed by atoms with Gasteiger partial charge in [0.25, 0.3) is 0 Å². The van der Waals surface area contributed by atoms with Crippen molar-refractivity contribution >= 4 is 5.91 Å². The highest BCUT2D eigenvalue weighted by Crippen LogP contribution is 2.28. The molecule has 0 aliphatic carbocycles. The smallest absolute Gasteiger partial charge is 0.218 e. The number of hydrogen-bond acceptors (Lipinski definition) is 3. The maximum absolute atomic E-state index is 11.2. The Hall–Kier alpha value is -2.23. The highest BCUT2D eigenvalue weighted by atomic mass is 16.1. The van der Waals surface area contributed by atoms with Gasteiger partial charge < -0.3 is 5.73 Å². The molecule has 1 rings (SSSR count). The molecule has 4 nitrogen and oxygen atoms in total. The molecule has 1 amide bonds. The number of rotatable bonds is 6. The van der Waals surface area contributed by atoms with Crippen molar-refractivity contribution in [2.24, 2.45) is 5.73 Å². The van der Waals surface area contributed by atoms with Crippen molar-refractivity contribution in [2.45, 2.75) is 19.3 Å². The first kappa shape index (κ1) is 13.8. The molecule has 0 bridgehead atoms. The number of nitrogens with two attached hydrogens (primary N) is 1. The van der Waals surface area contributed by atoms with Crippen molar-refractivity contribution in [3.8, 4) is 0 Å². The minimum atomic E-state index is -0.351. The fourth-order valence-corrected chi connectivity index (χ4v) is 1.75. The number of allylic oxidation sites excluding steroid dienone is 5. The van der Waals surface area contributed by atoms with E-state index in [4.69, 9.17) is 5.73 Å². The molecule has 1 heterocycles. The van der Waals surface area contributed by atoms with E-state index < -0.39 is 0 Å². The second kappa shape index (κ2) is 7.17. The van der Waals surface area contributed by atoms with Gasteiger partial charge in [0.1, 0.15) is 0 Å². The number of hydrogen-bond donors (Lipinski definition) is 1. The SMILES string of the molecule is C=C/C=C(\C=C/C)C(CC(N)=O)c1ccnnc1. The zero-order valence-corrected chi connectivity index (χ0v) is 10.4. The van der Waals surface area contributed by atoms with Gasteiger partial charge in [0.15, 0.2) is 0 Å². The zero-order chi connectivity index (χ0) is 13.4. The first-order valence-corrected chi connectivity index (χ1v) is 5.69. The van der Waals surface area contributed by atoms with Crippen LogP contribution in [0.3, 0.4) is 0 Å². The van der Waals surface area contributed by atoms with Crippen LogP contribution >= 0.6 is 0 Å². The Morgan fingerprint density at radius 2 is 2.33 bits per heavy atom. The molecule has 4 heteroatoms. The van der Waals surface area contributed by atoms with Crippen LogP contribution in [0.15, 0.2) is 54.9 Å². The summed E-state index contributed by atoms with van der Waals surface area (Å²) >= 11 is 0. The lowest BCUT2D eigenvalue weighted by Crippen LogP contribution is -2.16. The first-order valence-electron chi connectivity index (χ1n) is 5.69. The topological polar surface area (TPSA) is 68.9 Å². The molecule has 0 saturated heterocycles. The lowest BCUT2D eigenvalue weighted by atomic mass is 9.88. The van der Waals surface area contributed by atoms with E-state index in [9.17, 15) is 4.79 Å². The van der Waals surface area contributed by atoms with Crippen molar-refractivity contribution in [1.82, 2.24) is 10.2 Å². The fraction of sp³-hybridized carbons (Fsp3) is 0.214. The first-order chi connectivity index (χ1) is 8.69. The molecule has 1 unspecified atom stereocenters. The summed E-state index contributed by atoms with van der Waals surface area (Å²) in [6.07, 6.45) is 10.9. The normalized spacial score (nSPS) is 13.5. The van der Waals surface area contributed by atoms with Crippen LogP contribution in [0.25, 0.3) is 0 Å². The van der Waals surface area contributed by atoms with Gasteiger partial charge in [-0.1, -0.05) is 30.9 Å². The molecule has 94 valence electrons. The predicted molar refractivity (Wildman–Crippen MR) is 71.7 cm³/mol. The van der Waals surface area contributed by atoms with Crippen molar-refractivity contribution in [3.63, 3.8) is 0 Å². The van der Waals surface area contributed by atoms with Gasteiger partial charge in [0.2, 0.25) is 5.91 Å². The highest BCUT2D eigenvalue weighted by Gasteiger charge is 2.17. The average Bonchev–Trinajstić information content (AvgIpc) is 2.37. The third-order valence-electron chi connectivity index (χ3n) is 2.49. The van der Waals surface area contributed by atoms with E-state index in [2.05, 4.69) is 16.8 Å². The molecule has 0 radical (unpaired) electrons. The quantitative estimate of drug-likeness (QED) is 0.778. The van der Waals surface area contributed by atoms with Crippen LogP contribution in [-0.4, -0.2) is 16.1 Å². The van der Waals surface area contributed by atoms with E-state index >= 15 is 0 Å². The maximum atomic E-state index is 11.2. The molecular weight excluding hydrogens is 226 g/mol. The number of amides is 1. The lowest BCUT2D eigenvalue weighted by molar-refractivity contribution is -0.118. The van der Waals surface area contributed by atoms with E-state index in [0.717, 1.165) is 11.1 Å². The van der Waals surface area contributed by atoms with E-state index in [-0.39, 0.29) is 18.2 Å². The summed E-state index contributed by atoms with van der Waals surface area (Å²) in [4.78, 5) is 11.2. The van der Waals surface area contributed by atoms with Crippen LogP contribution in [0.2, 0.25) is 0 Å². The third kappa shape index (κ3) is 3.97. The Balaban J connectivity index is 3.15. The number of aromatic nitrogens is 2. The highest BCUT2D eigenvalue weighted by molar-refractivity contribution is 5.75. The van der Waals surface area contributed by atoms with Gasteiger partial charge in [-0.2, -0.15) is 10.2 Å². The largest absolute Gasteiger partial charge is 0.370 e. The minimum absolute atomic E-state index is 0.118. The predicted octanol–water partition coefficient (Wildman–Crippen LogP) is 2.12. The zero-order valence-electron chi connectivity index (χ0n) is 10.4. The third-order valence-corrected chi connectivity index (χ3v) is 2.49. The Kier molecular flexibility index (Phi) is 5.51. The average molecular weight is 243 g/mol. The summed E-state index contributed by atoms with van der Waals surface area (Å²) in [6, 6.07) is 1.83. The summed E-state index contributed by atoms with van der Waals surface area (Å²) < 4.78 is 0. The van der Waals surface area contributed by atoms with E-state index in [1.54, 1.807) is 18.5 Å². The van der Waals surface area contributed by atoms with Crippen molar-refractivity contribution < 1.29 is 4.79 Å². The fourth-order valence-electron chi connectivity index (χ4n) is 1.75. The molecule has 0 aliphatic rings. The number of carbonyl (C=O) groups excluding carboxylic acids is 1. The molecule has 0 fully saturated rings. The van der Waals surface area contributed by atoms with Crippen molar-refractivity contribution in [3.05, 3.63) is 60.5 Å². The second-order valence-electron chi connectivity index (χ2n) is 3.80. The Labute approximate surface area is 107 Å². The molecule has 0 saturated carbocycles. The molecule has 0 spiro atoms. The van der Waals surface area contributed by atoms with Crippen LogP contribution in [0.1, 0.15) is 24.8 Å². The molecule has 18 heavy (non-hydrogen) atoms. The summed E-state index contributed by atoms with van der Waals surface area (Å²) in [5.74, 6) is -0.469. The molecule has 0 aliphatic heterocycles. The maximum Gasteiger partial charge on any atom is 0.218 e. The summed E-state index contributed by atoms with van der Waals surface area (Å²) in [5, 5.41) is 7.57. The number of nitrogens with zero attached hydrogens (tertiary/aromatic N) is 2. The van der Waals surface area contributed by atoms with E-state index in [0.29, 0.717) is 0 Å². The van der Waals surface area contributed by atoms with Crippen molar-refractivity contribution in [2.75, 3.05) is 0 Å². The van der Waals surface area contributed by atoms with Gasteiger partial charge >= 0.3 is 0 Å². The van der Waals surface area contributed by atoms with Crippen LogP contribution in [-0.2, 0) is 4.79 Å². The Bertz CT molecular complexity index is 463. The molecule has 1 atom stereocenters. The van der Waals surface area contributed by atoms with Crippen LogP contribution in [0.4, 0.5) is 0 Å². The molecule has 1 aromatic rings. The van der Waals surface area contributed by atoms with Gasteiger partial charge in [0.05, 0.1) is 6.20 Å². The molecular formula is C14H17N3O. The van der Waals surface area contributed by atoms with Gasteiger partial charge in [-0.05, 0) is 24.1 Å². The van der Waals surface area contributed by atoms with Gasteiger partial charge in [-0.3, -0.25) is 4.79 Å². The standard InChI is InChI=1S/C14H17N3O/c1-3-5-11(6-4-2)13(9-14(15)18)12-7-8-16-17-10-12/h3-8,10,13H,1,9H2,2H3,(H2,15,18)/b6-4-,11-5+. The Morgan fingerprint density at radius 3 is 2.83 bits per heavy atom. The summed E-state index contributed by atoms with van der Waals surface area (Å²) in [7, 11) is 0.